The summed E-state index contributed by atoms with van der Waals surface area (Å²) in [6.07, 6.45) is 5.34. The Kier molecular flexibility index (Phi) is 2.40. The fourth-order valence-electron chi connectivity index (χ4n) is 1.26. The molecule has 2 aromatic heterocycles. The number of hydrogen-bond donors (Lipinski definition) is 0. The highest BCUT2D eigenvalue weighted by molar-refractivity contribution is 14.1. The Morgan fingerprint density at radius 1 is 1.64 bits per heavy atom. The fourth-order valence-corrected chi connectivity index (χ4v) is 1.87. The summed E-state index contributed by atoms with van der Waals surface area (Å²) in [5.41, 5.74) is 1.11. The van der Waals surface area contributed by atoms with Crippen molar-refractivity contribution in [1.29, 1.82) is 0 Å². The molecular weight excluding hydrogens is 295 g/mol. The average molecular weight is 302 g/mol. The zero-order chi connectivity index (χ0) is 10.1. The second kappa shape index (κ2) is 3.56. The van der Waals surface area contributed by atoms with Gasteiger partial charge in [-0.3, -0.25) is 0 Å². The Balaban J connectivity index is 2.72. The van der Waals surface area contributed by atoms with Gasteiger partial charge in [0.05, 0.1) is 7.11 Å². The summed E-state index contributed by atoms with van der Waals surface area (Å²) in [5, 5.41) is 0. The van der Waals surface area contributed by atoms with Crippen LogP contribution in [0.3, 0.4) is 0 Å². The first kappa shape index (κ1) is 9.45. The first-order valence-corrected chi connectivity index (χ1v) is 5.01. The van der Waals surface area contributed by atoms with E-state index >= 15 is 0 Å². The molecule has 0 bridgehead atoms. The van der Waals surface area contributed by atoms with Crippen LogP contribution in [0.15, 0.2) is 24.7 Å². The van der Waals surface area contributed by atoms with Crippen molar-refractivity contribution in [3.8, 4) is 0 Å². The second-order valence-corrected chi connectivity index (χ2v) is 3.97. The number of pyridine rings is 1. The summed E-state index contributed by atoms with van der Waals surface area (Å²) in [4.78, 5) is 15.5. The quantitative estimate of drug-likeness (QED) is 0.595. The number of halogens is 1. The molecule has 0 aliphatic rings. The number of imidazole rings is 1. The highest BCUT2D eigenvalue weighted by Gasteiger charge is 2.12. The molecule has 14 heavy (non-hydrogen) atoms. The van der Waals surface area contributed by atoms with Crippen molar-refractivity contribution < 1.29 is 9.53 Å². The van der Waals surface area contributed by atoms with E-state index in [9.17, 15) is 4.79 Å². The topological polar surface area (TPSA) is 43.6 Å². The van der Waals surface area contributed by atoms with Crippen LogP contribution >= 0.6 is 22.6 Å². The van der Waals surface area contributed by atoms with E-state index in [1.54, 1.807) is 22.9 Å². The van der Waals surface area contributed by atoms with Crippen molar-refractivity contribution in [2.75, 3.05) is 7.11 Å². The number of ether oxygens (including phenoxy) is 1. The third-order valence-electron chi connectivity index (χ3n) is 1.86. The summed E-state index contributed by atoms with van der Waals surface area (Å²) >= 11 is 2.14. The van der Waals surface area contributed by atoms with Crippen molar-refractivity contribution in [3.05, 3.63) is 33.8 Å². The maximum absolute atomic E-state index is 11.4. The van der Waals surface area contributed by atoms with Gasteiger partial charge in [0.2, 0.25) is 0 Å². The largest absolute Gasteiger partial charge is 0.465 e. The Morgan fingerprint density at radius 2 is 2.43 bits per heavy atom. The van der Waals surface area contributed by atoms with Gasteiger partial charge in [-0.05, 0) is 28.7 Å². The van der Waals surface area contributed by atoms with Crippen molar-refractivity contribution in [2.24, 2.45) is 0 Å². The van der Waals surface area contributed by atoms with Crippen LogP contribution in [-0.4, -0.2) is 22.5 Å². The summed E-state index contributed by atoms with van der Waals surface area (Å²) in [7, 11) is 1.36. The number of esters is 1. The number of rotatable bonds is 1. The Bertz CT molecular complexity index is 493. The predicted molar refractivity (Wildman–Crippen MR) is 59.2 cm³/mol. The molecule has 0 radical (unpaired) electrons. The zero-order valence-electron chi connectivity index (χ0n) is 7.40. The third kappa shape index (κ3) is 1.47. The van der Waals surface area contributed by atoms with E-state index in [4.69, 9.17) is 0 Å². The number of carbonyl (C=O) groups excluding carboxylic acids is 1. The van der Waals surface area contributed by atoms with Gasteiger partial charge in [-0.15, -0.1) is 0 Å². The lowest BCUT2D eigenvalue weighted by molar-refractivity contribution is 0.0602. The van der Waals surface area contributed by atoms with E-state index < -0.39 is 0 Å². The molecule has 0 fully saturated rings. The van der Waals surface area contributed by atoms with E-state index in [0.29, 0.717) is 11.2 Å². The molecule has 0 saturated heterocycles. The smallest absolute Gasteiger partial charge is 0.341 e. The van der Waals surface area contributed by atoms with Gasteiger partial charge in [0, 0.05) is 22.2 Å². The van der Waals surface area contributed by atoms with Crippen molar-refractivity contribution in [2.45, 2.75) is 0 Å². The van der Waals surface area contributed by atoms with Gasteiger partial charge in [0.25, 0.3) is 0 Å². The molecule has 0 aromatic carbocycles. The monoisotopic (exact) mass is 302 g/mol. The molecular formula is C9H7IN2O2. The molecule has 4 nitrogen and oxygen atoms in total. The lowest BCUT2D eigenvalue weighted by Gasteiger charge is -2.02. The molecule has 0 spiro atoms. The molecule has 0 atom stereocenters. The Hall–Kier alpha value is -1.11. The molecule has 2 rings (SSSR count). The van der Waals surface area contributed by atoms with Crippen LogP contribution in [-0.2, 0) is 4.74 Å². The van der Waals surface area contributed by atoms with Gasteiger partial charge < -0.3 is 9.14 Å². The van der Waals surface area contributed by atoms with Gasteiger partial charge >= 0.3 is 5.97 Å². The van der Waals surface area contributed by atoms with E-state index in [2.05, 4.69) is 32.3 Å². The number of aromatic nitrogens is 2. The average Bonchev–Trinajstić information content (AvgIpc) is 2.62. The number of nitrogens with zero attached hydrogens (tertiary/aromatic N) is 2. The van der Waals surface area contributed by atoms with Crippen molar-refractivity contribution in [1.82, 2.24) is 9.38 Å². The summed E-state index contributed by atoms with van der Waals surface area (Å²) < 4.78 is 7.44. The maximum Gasteiger partial charge on any atom is 0.341 e. The van der Waals surface area contributed by atoms with Crippen LogP contribution in [0.4, 0.5) is 0 Å². The molecule has 0 aliphatic heterocycles. The van der Waals surface area contributed by atoms with Gasteiger partial charge in [0.15, 0.2) is 5.65 Å². The maximum atomic E-state index is 11.4. The highest BCUT2D eigenvalue weighted by Crippen LogP contribution is 2.14. The van der Waals surface area contributed by atoms with E-state index in [1.165, 1.54) is 7.11 Å². The van der Waals surface area contributed by atoms with Gasteiger partial charge in [-0.1, -0.05) is 0 Å². The Labute approximate surface area is 94.0 Å². The molecule has 0 N–H and O–H groups in total. The molecule has 72 valence electrons. The van der Waals surface area contributed by atoms with Gasteiger partial charge in [-0.25, -0.2) is 9.78 Å². The van der Waals surface area contributed by atoms with E-state index in [0.717, 1.165) is 3.57 Å². The lowest BCUT2D eigenvalue weighted by Crippen LogP contribution is -2.04. The fraction of sp³-hybridized carbons (Fsp3) is 0.111. The molecule has 5 heteroatoms. The molecule has 0 unspecified atom stereocenters. The standard InChI is InChI=1S/C9H7IN2O2/c1-14-9(13)7-4-6(10)5-12-3-2-11-8(7)12/h2-5H,1H3. The SMILES string of the molecule is COC(=O)c1cc(I)cn2ccnc12. The molecule has 0 aliphatic carbocycles. The first-order valence-electron chi connectivity index (χ1n) is 3.93. The highest BCUT2D eigenvalue weighted by atomic mass is 127. The van der Waals surface area contributed by atoms with E-state index in [1.807, 2.05) is 6.20 Å². The van der Waals surface area contributed by atoms with Crippen LogP contribution < -0.4 is 0 Å². The third-order valence-corrected chi connectivity index (χ3v) is 2.45. The van der Waals surface area contributed by atoms with Gasteiger partial charge in [0.1, 0.15) is 5.56 Å². The summed E-state index contributed by atoms with van der Waals surface area (Å²) in [5.74, 6) is -0.361. The van der Waals surface area contributed by atoms with E-state index in [-0.39, 0.29) is 5.97 Å². The Morgan fingerprint density at radius 3 is 3.14 bits per heavy atom. The number of fused-ring (bicyclic) bond motifs is 1. The second-order valence-electron chi connectivity index (χ2n) is 2.72. The van der Waals surface area contributed by atoms with Crippen LogP contribution in [0.1, 0.15) is 10.4 Å². The number of carbonyl (C=O) groups is 1. The molecule has 2 heterocycles. The van der Waals surface area contributed by atoms with Crippen LogP contribution in [0.2, 0.25) is 0 Å². The summed E-state index contributed by atoms with van der Waals surface area (Å²) in [6, 6.07) is 1.76. The van der Waals surface area contributed by atoms with Crippen LogP contribution in [0.25, 0.3) is 5.65 Å². The van der Waals surface area contributed by atoms with Crippen molar-refractivity contribution >= 4 is 34.2 Å². The first-order chi connectivity index (χ1) is 6.72. The number of methoxy groups -OCH3 is 1. The van der Waals surface area contributed by atoms with Crippen molar-refractivity contribution in [3.63, 3.8) is 0 Å². The molecule has 0 amide bonds. The van der Waals surface area contributed by atoms with Gasteiger partial charge in [-0.2, -0.15) is 0 Å². The minimum Gasteiger partial charge on any atom is -0.465 e. The minimum atomic E-state index is -0.361. The predicted octanol–water partition coefficient (Wildman–Crippen LogP) is 1.73. The van der Waals surface area contributed by atoms with Crippen LogP contribution in [0, 0.1) is 3.57 Å². The van der Waals surface area contributed by atoms with Crippen LogP contribution in [0.5, 0.6) is 0 Å². The normalized spacial score (nSPS) is 10.4. The zero-order valence-corrected chi connectivity index (χ0v) is 9.56. The minimum absolute atomic E-state index is 0.361. The lowest BCUT2D eigenvalue weighted by atomic mass is 10.3. The summed E-state index contributed by atoms with van der Waals surface area (Å²) in [6.45, 7) is 0. The number of hydrogen-bond acceptors (Lipinski definition) is 3. The molecule has 2 aromatic rings. The molecule has 0 saturated carbocycles.